The second-order valence-corrected chi connectivity index (χ2v) is 5.89. The van der Waals surface area contributed by atoms with Crippen molar-refractivity contribution in [2.24, 2.45) is 17.8 Å². The molecule has 0 aromatic carbocycles. The summed E-state index contributed by atoms with van der Waals surface area (Å²) in [7, 11) is 0. The first kappa shape index (κ1) is 13.5. The van der Waals surface area contributed by atoms with E-state index < -0.39 is 0 Å². The molecule has 1 heteroatoms. The van der Waals surface area contributed by atoms with Crippen LogP contribution in [0.2, 0.25) is 0 Å². The molecule has 0 amide bonds. The Hall–Kier alpha value is -0.590. The summed E-state index contributed by atoms with van der Waals surface area (Å²) in [5.74, 6) is 2.56. The highest BCUT2D eigenvalue weighted by Crippen LogP contribution is 2.34. The van der Waals surface area contributed by atoms with E-state index in [0.29, 0.717) is 11.7 Å². The Morgan fingerprint density at radius 2 is 1.81 bits per heavy atom. The van der Waals surface area contributed by atoms with E-state index in [-0.39, 0.29) is 0 Å². The molecule has 1 nitrogen and oxygen atoms in total. The molecule has 0 aromatic heterocycles. The van der Waals surface area contributed by atoms with Crippen LogP contribution in [0.25, 0.3) is 0 Å². The Morgan fingerprint density at radius 3 is 2.31 bits per heavy atom. The zero-order valence-corrected chi connectivity index (χ0v) is 11.3. The molecule has 1 aliphatic carbocycles. The van der Waals surface area contributed by atoms with Gasteiger partial charge in [-0.2, -0.15) is 0 Å². The lowest BCUT2D eigenvalue weighted by atomic mass is 9.75. The second kappa shape index (κ2) is 6.22. The van der Waals surface area contributed by atoms with Gasteiger partial charge >= 0.3 is 0 Å². The molecule has 1 rings (SSSR count). The molecule has 1 atom stereocenters. The summed E-state index contributed by atoms with van der Waals surface area (Å²) in [5, 5.41) is 0. The minimum Gasteiger partial charge on any atom is -0.295 e. The Kier molecular flexibility index (Phi) is 5.24. The lowest BCUT2D eigenvalue weighted by molar-refractivity contribution is -0.115. The van der Waals surface area contributed by atoms with Crippen molar-refractivity contribution in [1.82, 2.24) is 0 Å². The van der Waals surface area contributed by atoms with Gasteiger partial charge in [0.25, 0.3) is 0 Å². The van der Waals surface area contributed by atoms with Gasteiger partial charge in [-0.3, -0.25) is 4.79 Å². The molecule has 1 fully saturated rings. The van der Waals surface area contributed by atoms with Gasteiger partial charge in [-0.25, -0.2) is 0 Å². The Labute approximate surface area is 100 Å². The normalized spacial score (nSPS) is 27.2. The van der Waals surface area contributed by atoms with Gasteiger partial charge in [0.15, 0.2) is 5.78 Å². The van der Waals surface area contributed by atoms with Gasteiger partial charge < -0.3 is 0 Å². The second-order valence-electron chi connectivity index (χ2n) is 5.89. The van der Waals surface area contributed by atoms with Crippen molar-refractivity contribution in [3.05, 3.63) is 11.6 Å². The van der Waals surface area contributed by atoms with Crippen LogP contribution in [0.15, 0.2) is 11.6 Å². The highest BCUT2D eigenvalue weighted by Gasteiger charge is 2.24. The van der Waals surface area contributed by atoms with Gasteiger partial charge in [0.05, 0.1) is 0 Å². The molecule has 1 aliphatic rings. The molecule has 0 spiro atoms. The summed E-state index contributed by atoms with van der Waals surface area (Å²) in [5.41, 5.74) is 1.12. The maximum absolute atomic E-state index is 11.7. The predicted molar refractivity (Wildman–Crippen MR) is 69.3 cm³/mol. The molecule has 0 aromatic rings. The first-order chi connectivity index (χ1) is 7.49. The Balaban J connectivity index is 2.37. The molecular formula is C15H26O. The fraction of sp³-hybridized carbons (Fsp3) is 0.800. The van der Waals surface area contributed by atoms with Crippen LogP contribution in [0.4, 0.5) is 0 Å². The van der Waals surface area contributed by atoms with Gasteiger partial charge in [0, 0.05) is 6.42 Å². The SMILES string of the molecule is CC(C)=CC(=O)C[C@@H](C)C1CCC(C)CC1. The lowest BCUT2D eigenvalue weighted by Gasteiger charge is -2.30. The third-order valence-corrected chi connectivity index (χ3v) is 3.84. The van der Waals surface area contributed by atoms with Gasteiger partial charge in [0.2, 0.25) is 0 Å². The highest BCUT2D eigenvalue weighted by molar-refractivity contribution is 5.90. The summed E-state index contributed by atoms with van der Waals surface area (Å²) >= 11 is 0. The summed E-state index contributed by atoms with van der Waals surface area (Å²) in [6, 6.07) is 0. The van der Waals surface area contributed by atoms with Crippen molar-refractivity contribution < 1.29 is 4.79 Å². The van der Waals surface area contributed by atoms with Crippen molar-refractivity contribution in [3.63, 3.8) is 0 Å². The number of allylic oxidation sites excluding steroid dienone is 2. The molecule has 0 unspecified atom stereocenters. The highest BCUT2D eigenvalue weighted by atomic mass is 16.1. The number of rotatable bonds is 4. The van der Waals surface area contributed by atoms with Gasteiger partial charge in [-0.15, -0.1) is 0 Å². The van der Waals surface area contributed by atoms with Crippen molar-refractivity contribution >= 4 is 5.78 Å². The third-order valence-electron chi connectivity index (χ3n) is 3.84. The Bertz CT molecular complexity index is 253. The zero-order valence-electron chi connectivity index (χ0n) is 11.3. The fourth-order valence-corrected chi connectivity index (χ4v) is 2.72. The van der Waals surface area contributed by atoms with Crippen LogP contribution in [0.3, 0.4) is 0 Å². The maximum atomic E-state index is 11.7. The summed E-state index contributed by atoms with van der Waals surface area (Å²) in [6.45, 7) is 8.57. The number of ketones is 1. The number of hydrogen-bond acceptors (Lipinski definition) is 1. The molecule has 92 valence electrons. The van der Waals surface area contributed by atoms with E-state index in [1.165, 1.54) is 25.7 Å². The van der Waals surface area contributed by atoms with E-state index in [2.05, 4.69) is 13.8 Å². The van der Waals surface area contributed by atoms with E-state index in [1.54, 1.807) is 6.08 Å². The van der Waals surface area contributed by atoms with Gasteiger partial charge in [0.1, 0.15) is 0 Å². The van der Waals surface area contributed by atoms with Crippen LogP contribution in [-0.2, 0) is 4.79 Å². The lowest BCUT2D eigenvalue weighted by Crippen LogP contribution is -2.20. The minimum absolute atomic E-state index is 0.311. The molecular weight excluding hydrogens is 196 g/mol. The number of carbonyl (C=O) groups excluding carboxylic acids is 1. The first-order valence-corrected chi connectivity index (χ1v) is 6.66. The fourth-order valence-electron chi connectivity index (χ4n) is 2.72. The van der Waals surface area contributed by atoms with E-state index in [9.17, 15) is 4.79 Å². The van der Waals surface area contributed by atoms with E-state index in [0.717, 1.165) is 23.8 Å². The maximum Gasteiger partial charge on any atom is 0.155 e. The van der Waals surface area contributed by atoms with E-state index in [1.807, 2.05) is 13.8 Å². The van der Waals surface area contributed by atoms with Crippen LogP contribution in [0.1, 0.15) is 59.8 Å². The average molecular weight is 222 g/mol. The van der Waals surface area contributed by atoms with Crippen LogP contribution >= 0.6 is 0 Å². The van der Waals surface area contributed by atoms with E-state index >= 15 is 0 Å². The van der Waals surface area contributed by atoms with Crippen LogP contribution in [0.5, 0.6) is 0 Å². The number of hydrogen-bond donors (Lipinski definition) is 0. The van der Waals surface area contributed by atoms with Crippen LogP contribution in [-0.4, -0.2) is 5.78 Å². The van der Waals surface area contributed by atoms with Crippen molar-refractivity contribution in [2.75, 3.05) is 0 Å². The average Bonchev–Trinajstić information content (AvgIpc) is 2.16. The smallest absolute Gasteiger partial charge is 0.155 e. The van der Waals surface area contributed by atoms with Crippen molar-refractivity contribution in [3.8, 4) is 0 Å². The standard InChI is InChI=1S/C15H26O/c1-11(2)9-15(16)10-13(4)14-7-5-12(3)6-8-14/h9,12-14H,5-8,10H2,1-4H3/t12?,13-,14?/m1/s1. The first-order valence-electron chi connectivity index (χ1n) is 6.66. The van der Waals surface area contributed by atoms with E-state index in [4.69, 9.17) is 0 Å². The predicted octanol–water partition coefficient (Wildman–Crippen LogP) is 4.37. The van der Waals surface area contributed by atoms with Gasteiger partial charge in [-0.05, 0) is 50.5 Å². The Morgan fingerprint density at radius 1 is 1.25 bits per heavy atom. The molecule has 0 bridgehead atoms. The largest absolute Gasteiger partial charge is 0.295 e. The zero-order chi connectivity index (χ0) is 12.1. The summed E-state index contributed by atoms with van der Waals surface area (Å²) in [4.78, 5) is 11.7. The minimum atomic E-state index is 0.311. The topological polar surface area (TPSA) is 17.1 Å². The van der Waals surface area contributed by atoms with Crippen molar-refractivity contribution in [1.29, 1.82) is 0 Å². The van der Waals surface area contributed by atoms with Crippen molar-refractivity contribution in [2.45, 2.75) is 59.8 Å². The molecule has 0 saturated heterocycles. The molecule has 0 heterocycles. The van der Waals surface area contributed by atoms with Crippen LogP contribution in [0, 0.1) is 17.8 Å². The monoisotopic (exact) mass is 222 g/mol. The van der Waals surface area contributed by atoms with Gasteiger partial charge in [-0.1, -0.05) is 32.3 Å². The molecule has 1 saturated carbocycles. The summed E-state index contributed by atoms with van der Waals surface area (Å²) in [6.07, 6.45) is 7.89. The molecule has 0 aliphatic heterocycles. The van der Waals surface area contributed by atoms with Crippen LogP contribution < -0.4 is 0 Å². The molecule has 0 N–H and O–H groups in total. The number of carbonyl (C=O) groups is 1. The third kappa shape index (κ3) is 4.51. The molecule has 16 heavy (non-hydrogen) atoms. The quantitative estimate of drug-likeness (QED) is 0.645. The summed E-state index contributed by atoms with van der Waals surface area (Å²) < 4.78 is 0. The molecule has 0 radical (unpaired) electrons.